The van der Waals surface area contributed by atoms with Gasteiger partial charge in [-0.25, -0.2) is 0 Å². The van der Waals surface area contributed by atoms with E-state index < -0.39 is 0 Å². The Kier molecular flexibility index (Phi) is 14.1. The maximum atomic E-state index is 5.54. The van der Waals surface area contributed by atoms with Crippen LogP contribution in [0.4, 0.5) is 0 Å². The number of alkyl halides is 1. The van der Waals surface area contributed by atoms with Crippen molar-refractivity contribution in [2.75, 3.05) is 5.88 Å². The summed E-state index contributed by atoms with van der Waals surface area (Å²) in [5.74, 6) is 0.664. The third-order valence-electron chi connectivity index (χ3n) is 2.73. The SMILES string of the molecule is CCCCCCCCCCC/C=C\CCl. The fraction of sp³-hybridized carbons (Fsp3) is 0.857. The van der Waals surface area contributed by atoms with E-state index in [-0.39, 0.29) is 0 Å². The van der Waals surface area contributed by atoms with Crippen LogP contribution >= 0.6 is 11.6 Å². The molecular weight excluding hydrogens is 204 g/mol. The summed E-state index contributed by atoms with van der Waals surface area (Å²) in [6.45, 7) is 2.27. The molecule has 0 saturated heterocycles. The quantitative estimate of drug-likeness (QED) is 0.243. The lowest BCUT2D eigenvalue weighted by atomic mass is 10.1. The van der Waals surface area contributed by atoms with Crippen molar-refractivity contribution in [3.8, 4) is 0 Å². The van der Waals surface area contributed by atoms with Gasteiger partial charge in [0, 0.05) is 5.88 Å². The van der Waals surface area contributed by atoms with Gasteiger partial charge in [-0.1, -0.05) is 70.4 Å². The largest absolute Gasteiger partial charge is 0.122 e. The van der Waals surface area contributed by atoms with Crippen molar-refractivity contribution in [1.82, 2.24) is 0 Å². The molecule has 0 atom stereocenters. The van der Waals surface area contributed by atoms with Crippen LogP contribution in [0.2, 0.25) is 0 Å². The fourth-order valence-corrected chi connectivity index (χ4v) is 1.88. The van der Waals surface area contributed by atoms with Crippen LogP contribution in [0, 0.1) is 0 Å². The second-order valence-corrected chi connectivity index (χ2v) is 4.55. The van der Waals surface area contributed by atoms with E-state index in [1.807, 2.05) is 6.08 Å². The molecule has 0 rings (SSSR count). The van der Waals surface area contributed by atoms with Crippen LogP contribution in [0.15, 0.2) is 12.2 Å². The van der Waals surface area contributed by atoms with E-state index in [2.05, 4.69) is 13.0 Å². The smallest absolute Gasteiger partial charge is 0.0404 e. The fourth-order valence-electron chi connectivity index (χ4n) is 1.75. The summed E-state index contributed by atoms with van der Waals surface area (Å²) in [6.07, 6.45) is 18.1. The Bertz CT molecular complexity index is 129. The lowest BCUT2D eigenvalue weighted by molar-refractivity contribution is 0.566. The van der Waals surface area contributed by atoms with Crippen LogP contribution in [0.1, 0.15) is 71.1 Å². The van der Waals surface area contributed by atoms with E-state index in [1.165, 1.54) is 64.2 Å². The molecule has 0 aliphatic rings. The molecule has 0 heterocycles. The molecule has 0 fully saturated rings. The molecule has 0 bridgehead atoms. The predicted octanol–water partition coefficient (Wildman–Crippen LogP) is 5.70. The zero-order valence-electron chi connectivity index (χ0n) is 10.3. The highest BCUT2D eigenvalue weighted by molar-refractivity contribution is 6.18. The first-order valence-electron chi connectivity index (χ1n) is 6.62. The van der Waals surface area contributed by atoms with Crippen LogP contribution < -0.4 is 0 Å². The van der Waals surface area contributed by atoms with Crippen molar-refractivity contribution < 1.29 is 0 Å². The maximum absolute atomic E-state index is 5.54. The summed E-state index contributed by atoms with van der Waals surface area (Å²) >= 11 is 5.54. The number of rotatable bonds is 11. The highest BCUT2D eigenvalue weighted by Crippen LogP contribution is 2.10. The molecule has 0 aromatic carbocycles. The van der Waals surface area contributed by atoms with Crippen molar-refractivity contribution in [3.05, 3.63) is 12.2 Å². The summed E-state index contributed by atoms with van der Waals surface area (Å²) in [5.41, 5.74) is 0. The van der Waals surface area contributed by atoms with Crippen molar-refractivity contribution in [2.24, 2.45) is 0 Å². The van der Waals surface area contributed by atoms with Crippen molar-refractivity contribution in [1.29, 1.82) is 0 Å². The highest BCUT2D eigenvalue weighted by atomic mass is 35.5. The molecular formula is C14H27Cl. The Morgan fingerprint density at radius 3 is 1.80 bits per heavy atom. The first kappa shape index (κ1) is 15.0. The topological polar surface area (TPSA) is 0 Å². The summed E-state index contributed by atoms with van der Waals surface area (Å²) in [5, 5.41) is 0. The van der Waals surface area contributed by atoms with Crippen molar-refractivity contribution in [2.45, 2.75) is 71.1 Å². The normalized spacial score (nSPS) is 11.3. The first-order valence-corrected chi connectivity index (χ1v) is 7.16. The van der Waals surface area contributed by atoms with E-state index in [0.29, 0.717) is 5.88 Å². The molecule has 0 amide bonds. The molecule has 0 aliphatic carbocycles. The zero-order chi connectivity index (χ0) is 11.2. The molecule has 0 aromatic rings. The number of unbranched alkanes of at least 4 members (excludes halogenated alkanes) is 9. The second kappa shape index (κ2) is 14.0. The van der Waals surface area contributed by atoms with E-state index >= 15 is 0 Å². The third kappa shape index (κ3) is 14.0. The number of hydrogen-bond donors (Lipinski definition) is 0. The average Bonchev–Trinajstić information content (AvgIpc) is 2.26. The molecule has 1 heteroatoms. The molecule has 0 N–H and O–H groups in total. The van der Waals surface area contributed by atoms with Gasteiger partial charge in [-0.05, 0) is 12.8 Å². The summed E-state index contributed by atoms with van der Waals surface area (Å²) < 4.78 is 0. The Labute approximate surface area is 101 Å². The highest BCUT2D eigenvalue weighted by Gasteiger charge is 1.90. The molecule has 0 nitrogen and oxygen atoms in total. The van der Waals surface area contributed by atoms with Gasteiger partial charge >= 0.3 is 0 Å². The summed E-state index contributed by atoms with van der Waals surface area (Å²) in [4.78, 5) is 0. The van der Waals surface area contributed by atoms with Crippen LogP contribution in [-0.4, -0.2) is 5.88 Å². The molecule has 0 aromatic heterocycles. The number of hydrogen-bond acceptors (Lipinski definition) is 0. The van der Waals surface area contributed by atoms with Crippen LogP contribution in [0.3, 0.4) is 0 Å². The molecule has 0 spiro atoms. The average molecular weight is 231 g/mol. The zero-order valence-corrected chi connectivity index (χ0v) is 11.1. The van der Waals surface area contributed by atoms with Gasteiger partial charge in [0.1, 0.15) is 0 Å². The molecule has 0 aliphatic heterocycles. The Morgan fingerprint density at radius 2 is 1.27 bits per heavy atom. The molecule has 15 heavy (non-hydrogen) atoms. The van der Waals surface area contributed by atoms with Crippen LogP contribution in [0.5, 0.6) is 0 Å². The van der Waals surface area contributed by atoms with Gasteiger partial charge in [0.2, 0.25) is 0 Å². The minimum atomic E-state index is 0.664. The van der Waals surface area contributed by atoms with Crippen molar-refractivity contribution >= 4 is 11.6 Å². The Morgan fingerprint density at radius 1 is 0.733 bits per heavy atom. The Balaban J connectivity index is 2.89. The van der Waals surface area contributed by atoms with Crippen LogP contribution in [-0.2, 0) is 0 Å². The van der Waals surface area contributed by atoms with Gasteiger partial charge in [0.15, 0.2) is 0 Å². The minimum Gasteiger partial charge on any atom is -0.122 e. The lowest BCUT2D eigenvalue weighted by Gasteiger charge is -2.00. The van der Waals surface area contributed by atoms with Gasteiger partial charge < -0.3 is 0 Å². The van der Waals surface area contributed by atoms with E-state index in [1.54, 1.807) is 0 Å². The first-order chi connectivity index (χ1) is 7.41. The number of halogens is 1. The molecule has 0 radical (unpaired) electrons. The number of allylic oxidation sites excluding steroid dienone is 2. The standard InChI is InChI=1S/C14H27Cl/c1-2-3-4-5-6-7-8-9-10-11-12-13-14-15/h12-13H,2-11,14H2,1H3/b13-12-. The van der Waals surface area contributed by atoms with Gasteiger partial charge in [0.25, 0.3) is 0 Å². The molecule has 90 valence electrons. The van der Waals surface area contributed by atoms with Crippen LogP contribution in [0.25, 0.3) is 0 Å². The molecule has 0 unspecified atom stereocenters. The van der Waals surface area contributed by atoms with Crippen molar-refractivity contribution in [3.63, 3.8) is 0 Å². The summed E-state index contributed by atoms with van der Waals surface area (Å²) in [6, 6.07) is 0. The Hall–Kier alpha value is 0.0300. The monoisotopic (exact) mass is 230 g/mol. The molecule has 0 saturated carbocycles. The lowest BCUT2D eigenvalue weighted by Crippen LogP contribution is -1.80. The maximum Gasteiger partial charge on any atom is 0.0404 e. The predicted molar refractivity (Wildman–Crippen MR) is 71.7 cm³/mol. The van der Waals surface area contributed by atoms with E-state index in [0.717, 1.165) is 0 Å². The van der Waals surface area contributed by atoms with E-state index in [9.17, 15) is 0 Å². The van der Waals surface area contributed by atoms with E-state index in [4.69, 9.17) is 11.6 Å². The third-order valence-corrected chi connectivity index (χ3v) is 2.91. The van der Waals surface area contributed by atoms with Gasteiger partial charge in [-0.15, -0.1) is 11.6 Å². The van der Waals surface area contributed by atoms with Gasteiger partial charge in [-0.3, -0.25) is 0 Å². The minimum absolute atomic E-state index is 0.664. The second-order valence-electron chi connectivity index (χ2n) is 4.24. The van der Waals surface area contributed by atoms with Gasteiger partial charge in [0.05, 0.1) is 0 Å². The summed E-state index contributed by atoms with van der Waals surface area (Å²) in [7, 11) is 0. The van der Waals surface area contributed by atoms with Gasteiger partial charge in [-0.2, -0.15) is 0 Å².